The first-order valence-corrected chi connectivity index (χ1v) is 7.39. The lowest BCUT2D eigenvalue weighted by Crippen LogP contribution is -2.38. The van der Waals surface area contributed by atoms with Gasteiger partial charge in [-0.25, -0.2) is 0 Å². The van der Waals surface area contributed by atoms with Crippen LogP contribution in [0.3, 0.4) is 0 Å². The van der Waals surface area contributed by atoms with Gasteiger partial charge in [-0.05, 0) is 36.0 Å². The van der Waals surface area contributed by atoms with Crippen LogP contribution in [0.4, 0.5) is 0 Å². The summed E-state index contributed by atoms with van der Waals surface area (Å²) in [4.78, 5) is 0. The average molecular weight is 291 g/mol. The van der Waals surface area contributed by atoms with Crippen molar-refractivity contribution >= 4 is 15.9 Å². The molecule has 0 spiro atoms. The van der Waals surface area contributed by atoms with Gasteiger partial charge in [0, 0.05) is 5.33 Å². The fraction of sp³-hybridized carbons (Fsp3) is 1.00. The maximum atomic E-state index is 9.53. The van der Waals surface area contributed by atoms with Crippen molar-refractivity contribution in [1.82, 2.24) is 0 Å². The van der Waals surface area contributed by atoms with Gasteiger partial charge < -0.3 is 9.84 Å². The van der Waals surface area contributed by atoms with E-state index in [1.807, 2.05) is 0 Å². The van der Waals surface area contributed by atoms with Crippen molar-refractivity contribution in [2.24, 2.45) is 16.7 Å². The fourth-order valence-corrected chi connectivity index (χ4v) is 3.84. The minimum Gasteiger partial charge on any atom is -0.390 e. The highest BCUT2D eigenvalue weighted by atomic mass is 79.9. The molecule has 0 aliphatic heterocycles. The minimum absolute atomic E-state index is 0.309. The molecule has 2 aliphatic rings. The Morgan fingerprint density at radius 2 is 2.12 bits per heavy atom. The molecule has 1 N–H and O–H groups in total. The number of fused-ring (bicyclic) bond motifs is 2. The van der Waals surface area contributed by atoms with E-state index < -0.39 is 0 Å². The van der Waals surface area contributed by atoms with Crippen molar-refractivity contribution in [2.75, 3.05) is 11.9 Å². The second-order valence-corrected chi connectivity index (χ2v) is 6.89. The van der Waals surface area contributed by atoms with Gasteiger partial charge in [0.1, 0.15) is 0 Å². The third kappa shape index (κ3) is 1.75. The Bertz CT molecular complexity index is 267. The van der Waals surface area contributed by atoms with E-state index in [0.29, 0.717) is 28.9 Å². The molecule has 2 bridgehead atoms. The van der Waals surface area contributed by atoms with E-state index in [9.17, 15) is 5.11 Å². The van der Waals surface area contributed by atoms with E-state index >= 15 is 0 Å². The third-order valence-corrected chi connectivity index (χ3v) is 6.13. The zero-order valence-electron chi connectivity index (χ0n) is 10.5. The highest BCUT2D eigenvalue weighted by Gasteiger charge is 2.61. The number of aliphatic hydroxyl groups excluding tert-OH is 1. The van der Waals surface area contributed by atoms with Crippen molar-refractivity contribution in [3.63, 3.8) is 0 Å². The molecular formula is C13H23BrO2. The van der Waals surface area contributed by atoms with E-state index in [2.05, 4.69) is 36.7 Å². The van der Waals surface area contributed by atoms with Crippen LogP contribution in [0, 0.1) is 16.7 Å². The zero-order chi connectivity index (χ0) is 12.0. The molecule has 2 saturated carbocycles. The molecular weight excluding hydrogens is 268 g/mol. The van der Waals surface area contributed by atoms with Crippen LogP contribution < -0.4 is 0 Å². The predicted octanol–water partition coefficient (Wildman–Crippen LogP) is 2.97. The highest BCUT2D eigenvalue weighted by Crippen LogP contribution is 2.66. The van der Waals surface area contributed by atoms with Gasteiger partial charge in [-0.2, -0.15) is 0 Å². The molecule has 16 heavy (non-hydrogen) atoms. The second-order valence-electron chi connectivity index (χ2n) is 6.24. The second kappa shape index (κ2) is 4.25. The number of aliphatic hydroxyl groups is 1. The Balaban J connectivity index is 1.99. The molecule has 2 aliphatic carbocycles. The number of alkyl halides is 1. The molecule has 0 aromatic heterocycles. The van der Waals surface area contributed by atoms with Gasteiger partial charge in [-0.3, -0.25) is 0 Å². The first kappa shape index (κ1) is 12.8. The number of hydrogen-bond acceptors (Lipinski definition) is 2. The summed E-state index contributed by atoms with van der Waals surface area (Å²) >= 11 is 3.27. The van der Waals surface area contributed by atoms with Gasteiger partial charge in [0.05, 0.1) is 18.8 Å². The Kier molecular flexibility index (Phi) is 3.42. The van der Waals surface area contributed by atoms with E-state index in [0.717, 1.165) is 5.92 Å². The summed E-state index contributed by atoms with van der Waals surface area (Å²) < 4.78 is 5.95. The molecule has 4 unspecified atom stereocenters. The molecule has 94 valence electrons. The molecule has 0 aromatic rings. The molecule has 3 heteroatoms. The number of halogens is 1. The van der Waals surface area contributed by atoms with Gasteiger partial charge >= 0.3 is 0 Å². The first-order chi connectivity index (χ1) is 7.41. The molecule has 0 amide bonds. The maximum absolute atomic E-state index is 9.53. The largest absolute Gasteiger partial charge is 0.390 e. The van der Waals surface area contributed by atoms with Crippen molar-refractivity contribution in [3.05, 3.63) is 0 Å². The molecule has 0 heterocycles. The molecule has 4 atom stereocenters. The highest BCUT2D eigenvalue weighted by molar-refractivity contribution is 9.09. The maximum Gasteiger partial charge on any atom is 0.0870 e. The van der Waals surface area contributed by atoms with E-state index in [1.165, 1.54) is 19.3 Å². The minimum atomic E-state index is -0.370. The van der Waals surface area contributed by atoms with Crippen LogP contribution in [0.15, 0.2) is 0 Å². The standard InChI is InChI=1S/C13H23BrO2/c1-12(2)9-4-5-13(12,3)11(6-9)16-8-10(15)7-14/h9-11,15H,4-8H2,1-3H3. The zero-order valence-corrected chi connectivity index (χ0v) is 12.1. The van der Waals surface area contributed by atoms with Crippen molar-refractivity contribution in [3.8, 4) is 0 Å². The summed E-state index contributed by atoms with van der Waals surface area (Å²) in [6, 6.07) is 0. The Hall–Kier alpha value is 0.400. The number of rotatable bonds is 4. The molecule has 2 fully saturated rings. The number of ether oxygens (including phenoxy) is 1. The van der Waals surface area contributed by atoms with E-state index in [-0.39, 0.29) is 6.10 Å². The Morgan fingerprint density at radius 1 is 1.44 bits per heavy atom. The molecule has 2 nitrogen and oxygen atoms in total. The van der Waals surface area contributed by atoms with E-state index in [1.54, 1.807) is 0 Å². The van der Waals surface area contributed by atoms with Crippen LogP contribution in [0.1, 0.15) is 40.0 Å². The number of hydrogen-bond donors (Lipinski definition) is 1. The van der Waals surface area contributed by atoms with Crippen LogP contribution >= 0.6 is 15.9 Å². The van der Waals surface area contributed by atoms with Crippen LogP contribution in [-0.2, 0) is 4.74 Å². The lowest BCUT2D eigenvalue weighted by atomic mass is 9.70. The summed E-state index contributed by atoms with van der Waals surface area (Å²) in [5.74, 6) is 0.809. The van der Waals surface area contributed by atoms with Gasteiger partial charge in [-0.15, -0.1) is 0 Å². The summed E-state index contributed by atoms with van der Waals surface area (Å²) in [6.07, 6.45) is 3.78. The predicted molar refractivity (Wildman–Crippen MR) is 68.8 cm³/mol. The van der Waals surface area contributed by atoms with Gasteiger partial charge in [0.25, 0.3) is 0 Å². The molecule has 0 aromatic carbocycles. The monoisotopic (exact) mass is 290 g/mol. The van der Waals surface area contributed by atoms with E-state index in [4.69, 9.17) is 4.74 Å². The Morgan fingerprint density at radius 3 is 2.56 bits per heavy atom. The summed E-state index contributed by atoms with van der Waals surface area (Å²) in [5, 5.41) is 10.1. The van der Waals surface area contributed by atoms with Crippen LogP contribution in [0.5, 0.6) is 0 Å². The van der Waals surface area contributed by atoms with Crippen molar-refractivity contribution in [2.45, 2.75) is 52.2 Å². The summed E-state index contributed by atoms with van der Waals surface area (Å²) in [7, 11) is 0. The normalized spacial score (nSPS) is 42.6. The van der Waals surface area contributed by atoms with Crippen LogP contribution in [-0.4, -0.2) is 29.3 Å². The summed E-state index contributed by atoms with van der Waals surface area (Å²) in [5.41, 5.74) is 0.709. The SMILES string of the molecule is CC1(C)C2CCC1(C)C(OCC(O)CBr)C2. The van der Waals surface area contributed by atoms with Crippen molar-refractivity contribution < 1.29 is 9.84 Å². The lowest BCUT2D eigenvalue weighted by Gasteiger charge is -2.39. The molecule has 0 saturated heterocycles. The smallest absolute Gasteiger partial charge is 0.0870 e. The van der Waals surface area contributed by atoms with Gasteiger partial charge in [-0.1, -0.05) is 36.7 Å². The first-order valence-electron chi connectivity index (χ1n) is 6.27. The molecule has 2 rings (SSSR count). The quantitative estimate of drug-likeness (QED) is 0.807. The molecule has 0 radical (unpaired) electrons. The summed E-state index contributed by atoms with van der Waals surface area (Å²) in [6.45, 7) is 7.60. The Labute approximate surface area is 107 Å². The topological polar surface area (TPSA) is 29.5 Å². The lowest BCUT2D eigenvalue weighted by molar-refractivity contribution is -0.0704. The third-order valence-electron chi connectivity index (χ3n) is 5.38. The van der Waals surface area contributed by atoms with Gasteiger partial charge in [0.15, 0.2) is 0 Å². The fourth-order valence-electron chi connectivity index (χ4n) is 3.65. The van der Waals surface area contributed by atoms with Gasteiger partial charge in [0.2, 0.25) is 0 Å². The van der Waals surface area contributed by atoms with Crippen LogP contribution in [0.2, 0.25) is 0 Å². The average Bonchev–Trinajstić information content (AvgIpc) is 2.58. The van der Waals surface area contributed by atoms with Crippen molar-refractivity contribution in [1.29, 1.82) is 0 Å². The van der Waals surface area contributed by atoms with Crippen LogP contribution in [0.25, 0.3) is 0 Å².